The summed E-state index contributed by atoms with van der Waals surface area (Å²) in [6.07, 6.45) is 0.615. The number of rotatable bonds is 2. The zero-order valence-electron chi connectivity index (χ0n) is 10.8. The number of hydrogen-bond acceptors (Lipinski definition) is 4. The van der Waals surface area contributed by atoms with E-state index < -0.39 is 0 Å². The van der Waals surface area contributed by atoms with Crippen LogP contribution in [-0.2, 0) is 11.3 Å². The summed E-state index contributed by atoms with van der Waals surface area (Å²) in [6, 6.07) is 4.15. The summed E-state index contributed by atoms with van der Waals surface area (Å²) in [5, 5.41) is 8.66. The number of hydrogen-bond donors (Lipinski definition) is 1. The quantitative estimate of drug-likeness (QED) is 0.826. The SMILES string of the molecule is C[C@@H]1CN(Cc2ccc(C#CCO)s2)C[C@H](C)O1. The molecule has 0 amide bonds. The van der Waals surface area contributed by atoms with Crippen LogP contribution >= 0.6 is 11.3 Å². The van der Waals surface area contributed by atoms with Crippen LogP contribution in [0.5, 0.6) is 0 Å². The minimum Gasteiger partial charge on any atom is -0.384 e. The molecule has 18 heavy (non-hydrogen) atoms. The largest absolute Gasteiger partial charge is 0.384 e. The second kappa shape index (κ2) is 6.35. The Kier molecular flexibility index (Phi) is 4.79. The third-order valence-corrected chi connectivity index (χ3v) is 3.81. The van der Waals surface area contributed by atoms with Gasteiger partial charge in [0.1, 0.15) is 6.61 Å². The fourth-order valence-corrected chi connectivity index (χ4v) is 3.22. The van der Waals surface area contributed by atoms with Crippen LogP contribution in [-0.4, -0.2) is 41.9 Å². The summed E-state index contributed by atoms with van der Waals surface area (Å²) in [4.78, 5) is 4.76. The van der Waals surface area contributed by atoms with Crippen molar-refractivity contribution in [2.75, 3.05) is 19.7 Å². The van der Waals surface area contributed by atoms with Crippen molar-refractivity contribution in [2.45, 2.75) is 32.6 Å². The molecule has 2 heterocycles. The maximum absolute atomic E-state index is 8.66. The molecule has 0 spiro atoms. The van der Waals surface area contributed by atoms with Crippen LogP contribution in [0.25, 0.3) is 0 Å². The van der Waals surface area contributed by atoms with Crippen LogP contribution in [0.15, 0.2) is 12.1 Å². The van der Waals surface area contributed by atoms with E-state index in [4.69, 9.17) is 9.84 Å². The van der Waals surface area contributed by atoms with Crippen LogP contribution in [0.4, 0.5) is 0 Å². The zero-order valence-corrected chi connectivity index (χ0v) is 11.7. The Morgan fingerprint density at radius 3 is 2.78 bits per heavy atom. The molecule has 0 radical (unpaired) electrons. The van der Waals surface area contributed by atoms with Crippen molar-refractivity contribution in [1.82, 2.24) is 4.90 Å². The number of morpholine rings is 1. The van der Waals surface area contributed by atoms with Crippen molar-refractivity contribution in [2.24, 2.45) is 0 Å². The molecule has 1 aromatic heterocycles. The second-order valence-electron chi connectivity index (χ2n) is 4.68. The summed E-state index contributed by atoms with van der Waals surface area (Å²) >= 11 is 1.70. The minimum atomic E-state index is -0.0777. The van der Waals surface area contributed by atoms with E-state index in [0.717, 1.165) is 24.5 Å². The zero-order chi connectivity index (χ0) is 13.0. The molecular weight excluding hydrogens is 246 g/mol. The van der Waals surface area contributed by atoms with E-state index >= 15 is 0 Å². The number of thiophene rings is 1. The average molecular weight is 265 g/mol. The summed E-state index contributed by atoms with van der Waals surface area (Å²) in [7, 11) is 0. The number of aliphatic hydroxyl groups is 1. The van der Waals surface area contributed by atoms with E-state index in [0.29, 0.717) is 12.2 Å². The molecule has 1 fully saturated rings. The van der Waals surface area contributed by atoms with Gasteiger partial charge in [0.05, 0.1) is 17.1 Å². The van der Waals surface area contributed by atoms with Gasteiger partial charge in [0.2, 0.25) is 0 Å². The number of aliphatic hydroxyl groups excluding tert-OH is 1. The van der Waals surface area contributed by atoms with E-state index in [1.807, 2.05) is 6.07 Å². The van der Waals surface area contributed by atoms with Gasteiger partial charge in [-0.1, -0.05) is 11.8 Å². The summed E-state index contributed by atoms with van der Waals surface area (Å²) in [6.45, 7) is 7.10. The van der Waals surface area contributed by atoms with Gasteiger partial charge in [0, 0.05) is 24.5 Å². The Labute approximate surface area is 112 Å². The summed E-state index contributed by atoms with van der Waals surface area (Å²) < 4.78 is 5.72. The van der Waals surface area contributed by atoms with Gasteiger partial charge >= 0.3 is 0 Å². The van der Waals surface area contributed by atoms with E-state index in [9.17, 15) is 0 Å². The topological polar surface area (TPSA) is 32.7 Å². The van der Waals surface area contributed by atoms with E-state index in [-0.39, 0.29) is 6.61 Å². The van der Waals surface area contributed by atoms with E-state index in [1.165, 1.54) is 4.88 Å². The Hall–Kier alpha value is -0.860. The second-order valence-corrected chi connectivity index (χ2v) is 5.85. The van der Waals surface area contributed by atoms with Gasteiger partial charge in [-0.15, -0.1) is 11.3 Å². The van der Waals surface area contributed by atoms with E-state index in [1.54, 1.807) is 11.3 Å². The first-order valence-corrected chi connectivity index (χ1v) is 7.05. The molecule has 0 saturated carbocycles. The van der Waals surface area contributed by atoms with Crippen LogP contribution in [0.2, 0.25) is 0 Å². The highest BCUT2D eigenvalue weighted by Crippen LogP contribution is 2.20. The van der Waals surface area contributed by atoms with Crippen molar-refractivity contribution in [3.05, 3.63) is 21.9 Å². The van der Waals surface area contributed by atoms with Gasteiger partial charge in [-0.25, -0.2) is 0 Å². The third-order valence-electron chi connectivity index (χ3n) is 2.83. The van der Waals surface area contributed by atoms with Gasteiger partial charge in [-0.2, -0.15) is 0 Å². The third kappa shape index (κ3) is 3.82. The summed E-state index contributed by atoms with van der Waals surface area (Å²) in [5.74, 6) is 5.62. The molecule has 1 aliphatic rings. The standard InChI is InChI=1S/C14H19NO2S/c1-11-8-15(9-12(2)17-11)10-14-6-5-13(18-14)4-3-7-16/h5-6,11-12,16H,7-10H2,1-2H3/t11-,12+. The first kappa shape index (κ1) is 13.6. The molecular formula is C14H19NO2S. The van der Waals surface area contributed by atoms with Gasteiger partial charge in [-0.05, 0) is 26.0 Å². The monoisotopic (exact) mass is 265 g/mol. The Morgan fingerprint density at radius 1 is 1.39 bits per heavy atom. The van der Waals surface area contributed by atoms with Crippen LogP contribution < -0.4 is 0 Å². The lowest BCUT2D eigenvalue weighted by Gasteiger charge is -2.34. The Bertz CT molecular complexity index is 436. The molecule has 2 rings (SSSR count). The van der Waals surface area contributed by atoms with Gasteiger partial charge < -0.3 is 9.84 Å². The number of ether oxygens (including phenoxy) is 1. The predicted molar refractivity (Wildman–Crippen MR) is 73.6 cm³/mol. The summed E-state index contributed by atoms with van der Waals surface area (Å²) in [5.41, 5.74) is 0. The normalized spacial score (nSPS) is 24.6. The highest BCUT2D eigenvalue weighted by atomic mass is 32.1. The lowest BCUT2D eigenvalue weighted by atomic mass is 10.2. The molecule has 0 aliphatic carbocycles. The first-order valence-electron chi connectivity index (χ1n) is 6.23. The minimum absolute atomic E-state index is 0.0777. The lowest BCUT2D eigenvalue weighted by Crippen LogP contribution is -2.44. The molecule has 0 aromatic carbocycles. The molecule has 0 unspecified atom stereocenters. The fraction of sp³-hybridized carbons (Fsp3) is 0.571. The smallest absolute Gasteiger partial charge is 0.104 e. The molecule has 2 atom stereocenters. The fourth-order valence-electron chi connectivity index (χ4n) is 2.29. The van der Waals surface area contributed by atoms with Crippen LogP contribution in [0.1, 0.15) is 23.6 Å². The Balaban J connectivity index is 1.94. The van der Waals surface area contributed by atoms with Gasteiger partial charge in [0.25, 0.3) is 0 Å². The molecule has 3 nitrogen and oxygen atoms in total. The van der Waals surface area contributed by atoms with Crippen molar-refractivity contribution in [3.8, 4) is 11.8 Å². The van der Waals surface area contributed by atoms with Crippen LogP contribution in [0.3, 0.4) is 0 Å². The Morgan fingerprint density at radius 2 is 2.11 bits per heavy atom. The molecule has 1 saturated heterocycles. The molecule has 1 N–H and O–H groups in total. The van der Waals surface area contributed by atoms with Gasteiger partial charge in [0.15, 0.2) is 0 Å². The van der Waals surface area contributed by atoms with Gasteiger partial charge in [-0.3, -0.25) is 4.90 Å². The highest BCUT2D eigenvalue weighted by molar-refractivity contribution is 7.12. The van der Waals surface area contributed by atoms with Crippen molar-refractivity contribution in [1.29, 1.82) is 0 Å². The maximum atomic E-state index is 8.66. The average Bonchev–Trinajstić information content (AvgIpc) is 2.72. The predicted octanol–water partition coefficient (Wildman–Crippen LogP) is 1.70. The molecule has 0 bridgehead atoms. The molecule has 1 aromatic rings. The maximum Gasteiger partial charge on any atom is 0.104 e. The van der Waals surface area contributed by atoms with Crippen molar-refractivity contribution in [3.63, 3.8) is 0 Å². The van der Waals surface area contributed by atoms with Crippen molar-refractivity contribution < 1.29 is 9.84 Å². The van der Waals surface area contributed by atoms with Crippen molar-refractivity contribution >= 4 is 11.3 Å². The molecule has 4 heteroatoms. The first-order chi connectivity index (χ1) is 8.67. The molecule has 1 aliphatic heterocycles. The lowest BCUT2D eigenvalue weighted by molar-refractivity contribution is -0.0702. The van der Waals surface area contributed by atoms with Crippen LogP contribution in [0, 0.1) is 11.8 Å². The number of nitrogens with zero attached hydrogens (tertiary/aromatic N) is 1. The van der Waals surface area contributed by atoms with E-state index in [2.05, 4.69) is 36.7 Å². The highest BCUT2D eigenvalue weighted by Gasteiger charge is 2.22. The molecule has 98 valence electrons.